The van der Waals surface area contributed by atoms with Crippen LogP contribution in [0.5, 0.6) is 0 Å². The average Bonchev–Trinajstić information content (AvgIpc) is 2.44. The molecule has 0 atom stereocenters. The molecule has 0 unspecified atom stereocenters. The van der Waals surface area contributed by atoms with Crippen LogP contribution in [0.15, 0.2) is 45.6 Å². The van der Waals surface area contributed by atoms with Crippen molar-refractivity contribution in [3.8, 4) is 0 Å². The molecular formula is C14H12Br2FN3S. The molecule has 0 bridgehead atoms. The van der Waals surface area contributed by atoms with Crippen molar-refractivity contribution in [2.24, 2.45) is 0 Å². The van der Waals surface area contributed by atoms with Crippen LogP contribution >= 0.6 is 44.1 Å². The van der Waals surface area contributed by atoms with E-state index in [2.05, 4.69) is 47.5 Å². The van der Waals surface area contributed by atoms with Gasteiger partial charge >= 0.3 is 0 Å². The first-order valence-electron chi connectivity index (χ1n) is 6.14. The maximum atomic E-state index is 13.2. The lowest BCUT2D eigenvalue weighted by atomic mass is 10.2. The molecule has 1 aromatic carbocycles. The third kappa shape index (κ3) is 5.01. The van der Waals surface area contributed by atoms with Crippen molar-refractivity contribution in [1.82, 2.24) is 10.3 Å². The lowest BCUT2D eigenvalue weighted by molar-refractivity contribution is 0.626. The molecule has 0 fully saturated rings. The van der Waals surface area contributed by atoms with Gasteiger partial charge in [-0.2, -0.15) is 0 Å². The van der Waals surface area contributed by atoms with Crippen molar-refractivity contribution < 1.29 is 4.39 Å². The molecule has 3 nitrogen and oxygen atoms in total. The van der Waals surface area contributed by atoms with Crippen molar-refractivity contribution in [2.75, 3.05) is 11.9 Å². The van der Waals surface area contributed by atoms with Crippen LogP contribution in [0.2, 0.25) is 0 Å². The normalized spacial score (nSPS) is 10.2. The number of hydrogen-bond acceptors (Lipinski definition) is 2. The van der Waals surface area contributed by atoms with Gasteiger partial charge in [0, 0.05) is 27.9 Å². The van der Waals surface area contributed by atoms with Gasteiger partial charge in [-0.3, -0.25) is 4.98 Å². The summed E-state index contributed by atoms with van der Waals surface area (Å²) in [5, 5.41) is 6.64. The van der Waals surface area contributed by atoms with E-state index in [1.807, 2.05) is 12.1 Å². The highest BCUT2D eigenvalue weighted by atomic mass is 79.9. The van der Waals surface area contributed by atoms with Crippen molar-refractivity contribution in [1.29, 1.82) is 0 Å². The molecule has 110 valence electrons. The molecule has 21 heavy (non-hydrogen) atoms. The lowest BCUT2D eigenvalue weighted by Gasteiger charge is -2.13. The summed E-state index contributed by atoms with van der Waals surface area (Å²) in [5.74, 6) is -0.323. The summed E-state index contributed by atoms with van der Waals surface area (Å²) in [4.78, 5) is 3.97. The smallest absolute Gasteiger partial charge is 0.170 e. The van der Waals surface area contributed by atoms with Gasteiger partial charge in [0.2, 0.25) is 0 Å². The highest BCUT2D eigenvalue weighted by molar-refractivity contribution is 9.11. The van der Waals surface area contributed by atoms with Gasteiger partial charge in [0.1, 0.15) is 5.82 Å². The number of halogens is 3. The zero-order valence-electron chi connectivity index (χ0n) is 10.9. The van der Waals surface area contributed by atoms with E-state index < -0.39 is 0 Å². The number of rotatable bonds is 4. The summed E-state index contributed by atoms with van der Waals surface area (Å²) in [6.45, 7) is 0.701. The molecule has 0 amide bonds. The molecule has 0 saturated carbocycles. The third-order valence-corrected chi connectivity index (χ3v) is 4.19. The van der Waals surface area contributed by atoms with Crippen LogP contribution in [0, 0.1) is 5.82 Å². The van der Waals surface area contributed by atoms with E-state index in [1.54, 1.807) is 12.4 Å². The fourth-order valence-electron chi connectivity index (χ4n) is 1.69. The van der Waals surface area contributed by atoms with Crippen LogP contribution in [0.3, 0.4) is 0 Å². The van der Waals surface area contributed by atoms with E-state index in [0.717, 1.165) is 6.42 Å². The zero-order chi connectivity index (χ0) is 15.2. The maximum absolute atomic E-state index is 13.2. The number of pyridine rings is 1. The summed E-state index contributed by atoms with van der Waals surface area (Å²) >= 11 is 11.8. The molecule has 0 spiro atoms. The highest BCUT2D eigenvalue weighted by Gasteiger charge is 2.09. The summed E-state index contributed by atoms with van der Waals surface area (Å²) in [5.41, 5.74) is 1.88. The predicted molar refractivity (Wildman–Crippen MR) is 94.0 cm³/mol. The number of aromatic nitrogens is 1. The minimum absolute atomic E-state index is 0.323. The summed E-state index contributed by atoms with van der Waals surface area (Å²) in [6, 6.07) is 6.69. The SMILES string of the molecule is Fc1cc(Br)c(NC(=S)NCCc2ccncc2)c(Br)c1. The molecule has 2 rings (SSSR count). The number of anilines is 1. The average molecular weight is 433 g/mol. The lowest BCUT2D eigenvalue weighted by Crippen LogP contribution is -2.30. The van der Waals surface area contributed by atoms with Crippen LogP contribution in [0.4, 0.5) is 10.1 Å². The Kier molecular flexibility index (Phi) is 6.08. The molecule has 1 heterocycles. The first kappa shape index (κ1) is 16.3. The molecule has 0 aliphatic heterocycles. The largest absolute Gasteiger partial charge is 0.362 e. The fraction of sp³-hybridized carbons (Fsp3) is 0.143. The van der Waals surface area contributed by atoms with E-state index in [4.69, 9.17) is 12.2 Å². The summed E-state index contributed by atoms with van der Waals surface area (Å²) in [7, 11) is 0. The van der Waals surface area contributed by atoms with Crippen molar-refractivity contribution >= 4 is 54.9 Å². The molecule has 2 N–H and O–H groups in total. The van der Waals surface area contributed by atoms with Gasteiger partial charge in [0.05, 0.1) is 5.69 Å². The molecule has 2 aromatic rings. The molecule has 0 radical (unpaired) electrons. The second kappa shape index (κ2) is 7.82. The van der Waals surface area contributed by atoms with Gasteiger partial charge in [-0.1, -0.05) is 0 Å². The second-order valence-corrected chi connectivity index (χ2v) is 6.35. The van der Waals surface area contributed by atoms with Gasteiger partial charge in [-0.15, -0.1) is 0 Å². The second-order valence-electron chi connectivity index (χ2n) is 4.23. The highest BCUT2D eigenvalue weighted by Crippen LogP contribution is 2.31. The van der Waals surface area contributed by atoms with E-state index >= 15 is 0 Å². The first-order chi connectivity index (χ1) is 10.1. The Morgan fingerprint density at radius 2 is 1.81 bits per heavy atom. The molecular weight excluding hydrogens is 421 g/mol. The number of benzene rings is 1. The maximum Gasteiger partial charge on any atom is 0.170 e. The summed E-state index contributed by atoms with van der Waals surface area (Å²) < 4.78 is 14.4. The van der Waals surface area contributed by atoms with Gasteiger partial charge in [-0.25, -0.2) is 4.39 Å². The van der Waals surface area contributed by atoms with E-state index in [0.29, 0.717) is 26.3 Å². The Labute approximate surface area is 144 Å². The molecule has 0 aliphatic carbocycles. The van der Waals surface area contributed by atoms with Crippen molar-refractivity contribution in [3.63, 3.8) is 0 Å². The van der Waals surface area contributed by atoms with Gasteiger partial charge in [-0.05, 0) is 80.3 Å². The molecule has 1 aromatic heterocycles. The standard InChI is InChI=1S/C14H12Br2FN3S/c15-11-7-10(17)8-12(16)13(11)20-14(21)19-6-3-9-1-4-18-5-2-9/h1-2,4-5,7-8H,3,6H2,(H2,19,20,21). The van der Waals surface area contributed by atoms with E-state index in [-0.39, 0.29) is 5.82 Å². The van der Waals surface area contributed by atoms with Crippen LogP contribution in [-0.2, 0) is 6.42 Å². The van der Waals surface area contributed by atoms with Gasteiger partial charge < -0.3 is 10.6 Å². The molecule has 7 heteroatoms. The van der Waals surface area contributed by atoms with Gasteiger partial charge in [0.15, 0.2) is 5.11 Å². The topological polar surface area (TPSA) is 37.0 Å². The number of thiocarbonyl (C=S) groups is 1. The predicted octanol–water partition coefficient (Wildman–Crippen LogP) is 4.27. The fourth-order valence-corrected chi connectivity index (χ4v) is 3.22. The number of hydrogen-bond donors (Lipinski definition) is 2. The quantitative estimate of drug-likeness (QED) is 0.707. The van der Waals surface area contributed by atoms with Crippen LogP contribution in [-0.4, -0.2) is 16.6 Å². The van der Waals surface area contributed by atoms with Crippen LogP contribution in [0.25, 0.3) is 0 Å². The van der Waals surface area contributed by atoms with Crippen LogP contribution < -0.4 is 10.6 Å². The summed E-state index contributed by atoms with van der Waals surface area (Å²) in [6.07, 6.45) is 4.37. The third-order valence-electron chi connectivity index (χ3n) is 2.69. The Balaban J connectivity index is 1.88. The number of nitrogens with zero attached hydrogens (tertiary/aromatic N) is 1. The Bertz CT molecular complexity index is 614. The minimum Gasteiger partial charge on any atom is -0.362 e. The monoisotopic (exact) mass is 431 g/mol. The van der Waals surface area contributed by atoms with Gasteiger partial charge in [0.25, 0.3) is 0 Å². The Hall–Kier alpha value is -1.05. The molecule has 0 saturated heterocycles. The zero-order valence-corrected chi connectivity index (χ0v) is 14.9. The van der Waals surface area contributed by atoms with Crippen molar-refractivity contribution in [3.05, 3.63) is 57.0 Å². The van der Waals surface area contributed by atoms with E-state index in [9.17, 15) is 4.39 Å². The van der Waals surface area contributed by atoms with E-state index in [1.165, 1.54) is 17.7 Å². The first-order valence-corrected chi connectivity index (χ1v) is 8.14. The Morgan fingerprint density at radius 1 is 1.19 bits per heavy atom. The van der Waals surface area contributed by atoms with Crippen molar-refractivity contribution in [2.45, 2.75) is 6.42 Å². The Morgan fingerprint density at radius 3 is 2.43 bits per heavy atom. The molecule has 0 aliphatic rings. The van der Waals surface area contributed by atoms with Crippen LogP contribution in [0.1, 0.15) is 5.56 Å². The number of nitrogens with one attached hydrogen (secondary N) is 2. The minimum atomic E-state index is -0.323.